The van der Waals surface area contributed by atoms with Gasteiger partial charge in [0.15, 0.2) is 0 Å². The molecule has 0 spiro atoms. The Labute approximate surface area is 123 Å². The summed E-state index contributed by atoms with van der Waals surface area (Å²) in [6.45, 7) is 8.17. The Morgan fingerprint density at radius 1 is 1.20 bits per heavy atom. The minimum Gasteiger partial charge on any atom is -0.385 e. The molecular formula is C16H30N2O2. The molecule has 0 aromatic heterocycles. The molecule has 1 aliphatic carbocycles. The molecule has 0 aromatic carbocycles. The molecule has 2 aliphatic rings. The van der Waals surface area contributed by atoms with Crippen molar-refractivity contribution < 1.29 is 9.53 Å². The van der Waals surface area contributed by atoms with E-state index in [0.29, 0.717) is 17.7 Å². The monoisotopic (exact) mass is 282 g/mol. The van der Waals surface area contributed by atoms with Gasteiger partial charge >= 0.3 is 0 Å². The Balaban J connectivity index is 1.60. The maximum atomic E-state index is 12.3. The number of methoxy groups -OCH3 is 1. The summed E-state index contributed by atoms with van der Waals surface area (Å²) >= 11 is 0. The van der Waals surface area contributed by atoms with Crippen LogP contribution in [0.25, 0.3) is 0 Å². The Kier molecular flexibility index (Phi) is 6.30. The van der Waals surface area contributed by atoms with Crippen molar-refractivity contribution in [2.45, 2.75) is 39.0 Å². The molecule has 2 fully saturated rings. The Morgan fingerprint density at radius 3 is 2.60 bits per heavy atom. The van der Waals surface area contributed by atoms with Gasteiger partial charge < -0.3 is 9.64 Å². The molecule has 2 rings (SSSR count). The van der Waals surface area contributed by atoms with Crippen molar-refractivity contribution in [3.05, 3.63) is 0 Å². The molecule has 1 saturated carbocycles. The Bertz CT molecular complexity index is 301. The molecule has 0 radical (unpaired) electrons. The van der Waals surface area contributed by atoms with Gasteiger partial charge in [-0.2, -0.15) is 0 Å². The van der Waals surface area contributed by atoms with Gasteiger partial charge in [-0.15, -0.1) is 0 Å². The van der Waals surface area contributed by atoms with Gasteiger partial charge in [-0.1, -0.05) is 13.3 Å². The topological polar surface area (TPSA) is 32.8 Å². The van der Waals surface area contributed by atoms with E-state index < -0.39 is 0 Å². The number of carbonyl (C=O) groups is 1. The molecule has 4 heteroatoms. The fourth-order valence-corrected chi connectivity index (χ4v) is 3.25. The van der Waals surface area contributed by atoms with Crippen LogP contribution in [0, 0.1) is 11.8 Å². The van der Waals surface area contributed by atoms with Crippen molar-refractivity contribution in [2.75, 3.05) is 46.4 Å². The molecule has 1 aliphatic heterocycles. The third kappa shape index (κ3) is 4.45. The van der Waals surface area contributed by atoms with Crippen LogP contribution in [0.4, 0.5) is 0 Å². The first-order chi connectivity index (χ1) is 9.76. The highest BCUT2D eigenvalue weighted by molar-refractivity contribution is 5.81. The molecule has 1 amide bonds. The molecule has 0 N–H and O–H groups in total. The smallest absolute Gasteiger partial charge is 0.226 e. The van der Waals surface area contributed by atoms with Crippen LogP contribution in [0.2, 0.25) is 0 Å². The highest BCUT2D eigenvalue weighted by Crippen LogP contribution is 2.43. The first-order valence-electron chi connectivity index (χ1n) is 8.26. The average molecular weight is 282 g/mol. The summed E-state index contributed by atoms with van der Waals surface area (Å²) in [5.74, 6) is 1.49. The van der Waals surface area contributed by atoms with Gasteiger partial charge in [0.25, 0.3) is 0 Å². The van der Waals surface area contributed by atoms with Crippen molar-refractivity contribution in [3.63, 3.8) is 0 Å². The van der Waals surface area contributed by atoms with Crippen molar-refractivity contribution >= 4 is 5.91 Å². The normalized spacial score (nSPS) is 26.8. The average Bonchev–Trinajstić information content (AvgIpc) is 3.23. The first kappa shape index (κ1) is 15.8. The second kappa shape index (κ2) is 7.99. The van der Waals surface area contributed by atoms with Crippen molar-refractivity contribution in [3.8, 4) is 0 Å². The van der Waals surface area contributed by atoms with Gasteiger partial charge in [-0.25, -0.2) is 0 Å². The van der Waals surface area contributed by atoms with Gasteiger partial charge in [0, 0.05) is 45.8 Å². The van der Waals surface area contributed by atoms with Gasteiger partial charge in [0.05, 0.1) is 0 Å². The molecule has 20 heavy (non-hydrogen) atoms. The zero-order valence-electron chi connectivity index (χ0n) is 13.1. The summed E-state index contributed by atoms with van der Waals surface area (Å²) in [4.78, 5) is 16.9. The second-order valence-electron chi connectivity index (χ2n) is 6.26. The minimum atomic E-state index is 0.364. The molecule has 1 saturated heterocycles. The van der Waals surface area contributed by atoms with Crippen LogP contribution in [0.3, 0.4) is 0 Å². The predicted octanol–water partition coefficient (Wildman–Crippen LogP) is 1.99. The van der Waals surface area contributed by atoms with E-state index in [1.54, 1.807) is 7.11 Å². The zero-order chi connectivity index (χ0) is 14.4. The number of nitrogens with zero attached hydrogens (tertiary/aromatic N) is 2. The summed E-state index contributed by atoms with van der Waals surface area (Å²) in [6, 6.07) is 0. The highest BCUT2D eigenvalue weighted by atomic mass is 16.5. The third-order valence-electron chi connectivity index (χ3n) is 4.66. The van der Waals surface area contributed by atoms with Crippen LogP contribution in [-0.4, -0.2) is 62.1 Å². The summed E-state index contributed by atoms with van der Waals surface area (Å²) in [5, 5.41) is 0. The van der Waals surface area contributed by atoms with Crippen LogP contribution < -0.4 is 0 Å². The molecule has 116 valence electrons. The van der Waals surface area contributed by atoms with Crippen LogP contribution in [0.5, 0.6) is 0 Å². The summed E-state index contributed by atoms with van der Waals surface area (Å²) < 4.78 is 5.07. The lowest BCUT2D eigenvalue weighted by Gasteiger charge is -2.35. The second-order valence-corrected chi connectivity index (χ2v) is 6.26. The van der Waals surface area contributed by atoms with E-state index in [1.165, 1.54) is 19.3 Å². The van der Waals surface area contributed by atoms with E-state index in [4.69, 9.17) is 4.74 Å². The van der Waals surface area contributed by atoms with Crippen molar-refractivity contribution in [1.29, 1.82) is 0 Å². The molecule has 1 heterocycles. The zero-order valence-corrected chi connectivity index (χ0v) is 13.1. The minimum absolute atomic E-state index is 0.364. The van der Waals surface area contributed by atoms with Crippen LogP contribution >= 0.6 is 0 Å². The molecule has 4 nitrogen and oxygen atoms in total. The summed E-state index contributed by atoms with van der Waals surface area (Å²) in [6.07, 6.45) is 5.92. The summed E-state index contributed by atoms with van der Waals surface area (Å²) in [5.41, 5.74) is 0. The SMILES string of the molecule is CCC[C@H]1C[C@H]1C(=O)N1CCN(CCCCOC)CC1. The number of rotatable bonds is 8. The van der Waals surface area contributed by atoms with E-state index >= 15 is 0 Å². The van der Waals surface area contributed by atoms with Gasteiger partial charge in [-0.05, 0) is 38.1 Å². The third-order valence-corrected chi connectivity index (χ3v) is 4.66. The van der Waals surface area contributed by atoms with Crippen LogP contribution in [0.1, 0.15) is 39.0 Å². The molecule has 2 atom stereocenters. The molecule has 0 bridgehead atoms. The van der Waals surface area contributed by atoms with Gasteiger partial charge in [0.2, 0.25) is 5.91 Å². The fraction of sp³-hybridized carbons (Fsp3) is 0.938. The lowest BCUT2D eigenvalue weighted by molar-refractivity contribution is -0.134. The number of hydrogen-bond acceptors (Lipinski definition) is 3. The number of carbonyl (C=O) groups excluding carboxylic acids is 1. The standard InChI is InChI=1S/C16H30N2O2/c1-3-6-14-13-15(14)16(19)18-10-8-17(9-11-18)7-4-5-12-20-2/h14-15H,3-13H2,1-2H3/t14-,15+/m0/s1. The van der Waals surface area contributed by atoms with E-state index in [9.17, 15) is 4.79 Å². The van der Waals surface area contributed by atoms with Crippen LogP contribution in [-0.2, 0) is 9.53 Å². The van der Waals surface area contributed by atoms with E-state index in [1.807, 2.05) is 0 Å². The maximum absolute atomic E-state index is 12.3. The molecule has 0 aromatic rings. The Hall–Kier alpha value is -0.610. The number of ether oxygens (including phenoxy) is 1. The van der Waals surface area contributed by atoms with Crippen molar-refractivity contribution in [2.24, 2.45) is 11.8 Å². The maximum Gasteiger partial charge on any atom is 0.226 e. The Morgan fingerprint density at radius 2 is 1.95 bits per heavy atom. The number of unbranched alkanes of at least 4 members (excludes halogenated alkanes) is 1. The van der Waals surface area contributed by atoms with E-state index in [0.717, 1.165) is 52.2 Å². The van der Waals surface area contributed by atoms with Crippen molar-refractivity contribution in [1.82, 2.24) is 9.80 Å². The van der Waals surface area contributed by atoms with Gasteiger partial charge in [0.1, 0.15) is 0 Å². The molecular weight excluding hydrogens is 252 g/mol. The lowest BCUT2D eigenvalue weighted by Crippen LogP contribution is -2.49. The number of amides is 1. The highest BCUT2D eigenvalue weighted by Gasteiger charge is 2.44. The van der Waals surface area contributed by atoms with E-state index in [2.05, 4.69) is 16.7 Å². The molecule has 0 unspecified atom stereocenters. The quantitative estimate of drug-likeness (QED) is 0.638. The predicted molar refractivity (Wildman–Crippen MR) is 80.6 cm³/mol. The summed E-state index contributed by atoms with van der Waals surface area (Å²) in [7, 11) is 1.76. The fourth-order valence-electron chi connectivity index (χ4n) is 3.25. The lowest BCUT2D eigenvalue weighted by atomic mass is 10.2. The largest absolute Gasteiger partial charge is 0.385 e. The first-order valence-corrected chi connectivity index (χ1v) is 8.26. The number of hydrogen-bond donors (Lipinski definition) is 0. The van der Waals surface area contributed by atoms with E-state index in [-0.39, 0.29) is 0 Å². The van der Waals surface area contributed by atoms with Crippen LogP contribution in [0.15, 0.2) is 0 Å². The number of piperazine rings is 1. The van der Waals surface area contributed by atoms with Gasteiger partial charge in [-0.3, -0.25) is 9.69 Å².